The van der Waals surface area contributed by atoms with Crippen LogP contribution in [0.4, 0.5) is 0 Å². The number of hydrogen-bond acceptors (Lipinski definition) is 4. The molecule has 0 radical (unpaired) electrons. The van der Waals surface area contributed by atoms with Crippen LogP contribution in [-0.2, 0) is 13.1 Å². The molecule has 6 nitrogen and oxygen atoms in total. The van der Waals surface area contributed by atoms with Gasteiger partial charge in [-0.25, -0.2) is 0 Å². The zero-order valence-electron chi connectivity index (χ0n) is 17.6. The van der Waals surface area contributed by atoms with Gasteiger partial charge in [0.2, 0.25) is 0 Å². The number of benzene rings is 2. The van der Waals surface area contributed by atoms with Crippen molar-refractivity contribution >= 4 is 5.96 Å². The average Bonchev–Trinajstić information content (AvgIpc) is 2.78. The van der Waals surface area contributed by atoms with Gasteiger partial charge < -0.3 is 20.1 Å². The molecule has 0 saturated carbocycles. The number of nitrogens with one attached hydrogen (secondary N) is 2. The number of hydrogen-bond donors (Lipinski definition) is 2. The molecule has 156 valence electrons. The summed E-state index contributed by atoms with van der Waals surface area (Å²) in [5, 5.41) is 6.97. The van der Waals surface area contributed by atoms with Crippen molar-refractivity contribution in [1.82, 2.24) is 15.5 Å². The van der Waals surface area contributed by atoms with E-state index in [4.69, 9.17) is 9.47 Å². The van der Waals surface area contributed by atoms with Crippen molar-refractivity contribution in [2.24, 2.45) is 4.99 Å². The Hall–Kier alpha value is -2.73. The largest absolute Gasteiger partial charge is 0.497 e. The van der Waals surface area contributed by atoms with Crippen LogP contribution in [0.15, 0.2) is 53.5 Å². The lowest BCUT2D eigenvalue weighted by Crippen LogP contribution is -2.48. The molecule has 0 aliphatic carbocycles. The Labute approximate surface area is 173 Å². The summed E-state index contributed by atoms with van der Waals surface area (Å²) in [4.78, 5) is 6.91. The smallest absolute Gasteiger partial charge is 0.191 e. The SMILES string of the molecule is CN=C(NCc1ccc(OC)cc1OC)NC1CCN(Cc2ccccc2)CC1. The molecule has 0 atom stereocenters. The van der Waals surface area contributed by atoms with E-state index < -0.39 is 0 Å². The van der Waals surface area contributed by atoms with Crippen LogP contribution in [-0.4, -0.2) is 51.3 Å². The highest BCUT2D eigenvalue weighted by molar-refractivity contribution is 5.80. The second-order valence-electron chi connectivity index (χ2n) is 7.28. The molecule has 1 aliphatic heterocycles. The third-order valence-electron chi connectivity index (χ3n) is 5.34. The van der Waals surface area contributed by atoms with Gasteiger partial charge in [0, 0.05) is 50.9 Å². The van der Waals surface area contributed by atoms with E-state index in [1.807, 2.05) is 25.2 Å². The minimum Gasteiger partial charge on any atom is -0.497 e. The molecule has 1 saturated heterocycles. The van der Waals surface area contributed by atoms with E-state index in [9.17, 15) is 0 Å². The van der Waals surface area contributed by atoms with Crippen LogP contribution in [0.25, 0.3) is 0 Å². The predicted molar refractivity (Wildman–Crippen MR) is 118 cm³/mol. The first-order chi connectivity index (χ1) is 14.2. The molecule has 0 spiro atoms. The Morgan fingerprint density at radius 3 is 2.48 bits per heavy atom. The Bertz CT molecular complexity index is 787. The quantitative estimate of drug-likeness (QED) is 0.557. The monoisotopic (exact) mass is 396 g/mol. The number of aliphatic imine (C=N–C) groups is 1. The highest BCUT2D eigenvalue weighted by Crippen LogP contribution is 2.24. The lowest BCUT2D eigenvalue weighted by Gasteiger charge is -2.33. The molecular formula is C23H32N4O2. The van der Waals surface area contributed by atoms with Crippen molar-refractivity contribution in [3.63, 3.8) is 0 Å². The molecule has 1 aliphatic rings. The lowest BCUT2D eigenvalue weighted by molar-refractivity contribution is 0.198. The molecule has 0 bridgehead atoms. The number of likely N-dealkylation sites (tertiary alicyclic amines) is 1. The summed E-state index contributed by atoms with van der Waals surface area (Å²) in [5.41, 5.74) is 2.44. The molecule has 2 N–H and O–H groups in total. The van der Waals surface area contributed by atoms with Gasteiger partial charge in [-0.05, 0) is 30.5 Å². The number of ether oxygens (including phenoxy) is 2. The fraction of sp³-hybridized carbons (Fsp3) is 0.435. The van der Waals surface area contributed by atoms with Gasteiger partial charge in [0.1, 0.15) is 11.5 Å². The zero-order chi connectivity index (χ0) is 20.5. The van der Waals surface area contributed by atoms with Crippen molar-refractivity contribution in [2.45, 2.75) is 32.0 Å². The summed E-state index contributed by atoms with van der Waals surface area (Å²) in [6, 6.07) is 17.0. The Balaban J connectivity index is 1.46. The van der Waals surface area contributed by atoms with Gasteiger partial charge in [0.25, 0.3) is 0 Å². The maximum absolute atomic E-state index is 5.48. The third kappa shape index (κ3) is 6.12. The molecule has 0 unspecified atom stereocenters. The van der Waals surface area contributed by atoms with E-state index in [-0.39, 0.29) is 0 Å². The molecule has 1 heterocycles. The summed E-state index contributed by atoms with van der Waals surface area (Å²) < 4.78 is 10.7. The Morgan fingerprint density at radius 1 is 1.07 bits per heavy atom. The molecule has 6 heteroatoms. The predicted octanol–water partition coefficient (Wildman–Crippen LogP) is 3.03. The van der Waals surface area contributed by atoms with Gasteiger partial charge in [0.05, 0.1) is 14.2 Å². The van der Waals surface area contributed by atoms with E-state index in [0.717, 1.165) is 55.5 Å². The third-order valence-corrected chi connectivity index (χ3v) is 5.34. The molecule has 1 fully saturated rings. The summed E-state index contributed by atoms with van der Waals surface area (Å²) in [7, 11) is 5.14. The van der Waals surface area contributed by atoms with E-state index in [0.29, 0.717) is 12.6 Å². The summed E-state index contributed by atoms with van der Waals surface area (Å²) in [6.07, 6.45) is 2.22. The molecule has 2 aromatic rings. The van der Waals surface area contributed by atoms with Gasteiger partial charge in [-0.2, -0.15) is 0 Å². The minimum absolute atomic E-state index is 0.436. The van der Waals surface area contributed by atoms with Crippen LogP contribution in [0.5, 0.6) is 11.5 Å². The van der Waals surface area contributed by atoms with Crippen molar-refractivity contribution < 1.29 is 9.47 Å². The second-order valence-corrected chi connectivity index (χ2v) is 7.28. The van der Waals surface area contributed by atoms with Crippen LogP contribution >= 0.6 is 0 Å². The first kappa shape index (κ1) is 21.0. The summed E-state index contributed by atoms with van der Waals surface area (Å²) >= 11 is 0. The first-order valence-corrected chi connectivity index (χ1v) is 10.2. The fourth-order valence-corrected chi connectivity index (χ4v) is 3.64. The standard InChI is InChI=1S/C23H32N4O2/c1-24-23(25-16-19-9-10-21(28-2)15-22(19)29-3)26-20-11-13-27(14-12-20)17-18-7-5-4-6-8-18/h4-10,15,20H,11-14,16-17H2,1-3H3,(H2,24,25,26). The summed E-state index contributed by atoms with van der Waals surface area (Å²) in [5.74, 6) is 2.42. The molecule has 0 amide bonds. The van der Waals surface area contributed by atoms with Crippen LogP contribution in [0.1, 0.15) is 24.0 Å². The van der Waals surface area contributed by atoms with Crippen LogP contribution < -0.4 is 20.1 Å². The molecule has 0 aromatic heterocycles. The Morgan fingerprint density at radius 2 is 1.83 bits per heavy atom. The first-order valence-electron chi connectivity index (χ1n) is 10.2. The maximum Gasteiger partial charge on any atom is 0.191 e. The van der Waals surface area contributed by atoms with E-state index >= 15 is 0 Å². The van der Waals surface area contributed by atoms with Gasteiger partial charge in [0.15, 0.2) is 5.96 Å². The fourth-order valence-electron chi connectivity index (χ4n) is 3.64. The van der Waals surface area contributed by atoms with Gasteiger partial charge in [-0.3, -0.25) is 9.89 Å². The van der Waals surface area contributed by atoms with E-state index in [1.54, 1.807) is 14.2 Å². The van der Waals surface area contributed by atoms with Crippen molar-refractivity contribution in [1.29, 1.82) is 0 Å². The minimum atomic E-state index is 0.436. The normalized spacial score (nSPS) is 15.8. The van der Waals surface area contributed by atoms with Crippen LogP contribution in [0, 0.1) is 0 Å². The second kappa shape index (κ2) is 10.7. The Kier molecular flexibility index (Phi) is 7.76. The molecular weight excluding hydrogens is 364 g/mol. The number of methoxy groups -OCH3 is 2. The van der Waals surface area contributed by atoms with Crippen LogP contribution in [0.3, 0.4) is 0 Å². The zero-order valence-corrected chi connectivity index (χ0v) is 17.6. The van der Waals surface area contributed by atoms with Crippen molar-refractivity contribution in [2.75, 3.05) is 34.4 Å². The van der Waals surface area contributed by atoms with Gasteiger partial charge in [-0.1, -0.05) is 30.3 Å². The van der Waals surface area contributed by atoms with E-state index in [2.05, 4.69) is 50.9 Å². The number of nitrogens with zero attached hydrogens (tertiary/aromatic N) is 2. The van der Waals surface area contributed by atoms with Crippen molar-refractivity contribution in [3.8, 4) is 11.5 Å². The highest BCUT2D eigenvalue weighted by atomic mass is 16.5. The number of piperidine rings is 1. The number of guanidine groups is 1. The molecule has 29 heavy (non-hydrogen) atoms. The van der Waals surface area contributed by atoms with Gasteiger partial charge >= 0.3 is 0 Å². The van der Waals surface area contributed by atoms with E-state index in [1.165, 1.54) is 5.56 Å². The molecule has 2 aromatic carbocycles. The molecule has 3 rings (SSSR count). The lowest BCUT2D eigenvalue weighted by atomic mass is 10.0. The van der Waals surface area contributed by atoms with Gasteiger partial charge in [-0.15, -0.1) is 0 Å². The maximum atomic E-state index is 5.48. The number of rotatable bonds is 7. The topological polar surface area (TPSA) is 58.1 Å². The summed E-state index contributed by atoms with van der Waals surface area (Å²) in [6.45, 7) is 3.85. The van der Waals surface area contributed by atoms with Crippen molar-refractivity contribution in [3.05, 3.63) is 59.7 Å². The van der Waals surface area contributed by atoms with Crippen LogP contribution in [0.2, 0.25) is 0 Å². The highest BCUT2D eigenvalue weighted by Gasteiger charge is 2.20. The average molecular weight is 397 g/mol.